The van der Waals surface area contributed by atoms with E-state index in [1.54, 1.807) is 25.4 Å². The van der Waals surface area contributed by atoms with Crippen LogP contribution >= 0.6 is 0 Å². The molecule has 0 fully saturated rings. The molecular formula is C12H13N5O. The average molecular weight is 243 g/mol. The lowest BCUT2D eigenvalue weighted by molar-refractivity contribution is 0.102. The Hall–Kier alpha value is -2.50. The molecular weight excluding hydrogens is 230 g/mol. The van der Waals surface area contributed by atoms with Crippen molar-refractivity contribution < 1.29 is 4.79 Å². The summed E-state index contributed by atoms with van der Waals surface area (Å²) in [6.07, 6.45) is 4.57. The van der Waals surface area contributed by atoms with Gasteiger partial charge in [-0.05, 0) is 19.1 Å². The summed E-state index contributed by atoms with van der Waals surface area (Å²) >= 11 is 0. The Balaban J connectivity index is 2.11. The molecule has 0 aliphatic rings. The van der Waals surface area contributed by atoms with Crippen LogP contribution in [0.1, 0.15) is 16.2 Å². The van der Waals surface area contributed by atoms with Crippen molar-refractivity contribution in [3.8, 4) is 0 Å². The quantitative estimate of drug-likeness (QED) is 0.853. The van der Waals surface area contributed by atoms with Crippen molar-refractivity contribution in [1.82, 2.24) is 15.0 Å². The van der Waals surface area contributed by atoms with Gasteiger partial charge < -0.3 is 10.6 Å². The molecule has 6 heteroatoms. The number of anilines is 2. The van der Waals surface area contributed by atoms with Crippen LogP contribution in [0.5, 0.6) is 0 Å². The van der Waals surface area contributed by atoms with Crippen LogP contribution in [-0.2, 0) is 0 Å². The number of aryl methyl sites for hydroxylation is 1. The third-order valence-corrected chi connectivity index (χ3v) is 2.30. The van der Waals surface area contributed by atoms with Crippen molar-refractivity contribution in [2.75, 3.05) is 17.7 Å². The highest BCUT2D eigenvalue weighted by Crippen LogP contribution is 2.09. The van der Waals surface area contributed by atoms with Crippen LogP contribution in [0.2, 0.25) is 0 Å². The number of amides is 1. The predicted molar refractivity (Wildman–Crippen MR) is 68.5 cm³/mol. The van der Waals surface area contributed by atoms with Gasteiger partial charge in [-0.15, -0.1) is 0 Å². The molecule has 0 atom stereocenters. The number of pyridine rings is 1. The lowest BCUT2D eigenvalue weighted by atomic mass is 10.3. The van der Waals surface area contributed by atoms with Crippen LogP contribution in [0.4, 0.5) is 11.5 Å². The fourth-order valence-electron chi connectivity index (χ4n) is 1.39. The zero-order valence-electron chi connectivity index (χ0n) is 10.1. The smallest absolute Gasteiger partial charge is 0.275 e. The minimum atomic E-state index is -0.296. The highest BCUT2D eigenvalue weighted by Gasteiger charge is 2.08. The van der Waals surface area contributed by atoms with E-state index in [0.717, 1.165) is 5.69 Å². The molecule has 92 valence electrons. The second-order valence-electron chi connectivity index (χ2n) is 3.68. The third-order valence-electron chi connectivity index (χ3n) is 2.30. The molecule has 2 aromatic heterocycles. The van der Waals surface area contributed by atoms with Crippen LogP contribution in [0.25, 0.3) is 0 Å². The number of rotatable bonds is 3. The molecule has 6 nitrogen and oxygen atoms in total. The Morgan fingerprint density at radius 2 is 2.06 bits per heavy atom. The van der Waals surface area contributed by atoms with E-state index >= 15 is 0 Å². The minimum Gasteiger partial charge on any atom is -0.372 e. The Morgan fingerprint density at radius 3 is 2.67 bits per heavy atom. The van der Waals surface area contributed by atoms with E-state index in [4.69, 9.17) is 0 Å². The number of aromatic nitrogens is 3. The number of nitrogens with zero attached hydrogens (tertiary/aromatic N) is 3. The van der Waals surface area contributed by atoms with Gasteiger partial charge in [-0.2, -0.15) is 0 Å². The molecule has 0 saturated carbocycles. The molecule has 2 heterocycles. The average Bonchev–Trinajstić information content (AvgIpc) is 2.39. The summed E-state index contributed by atoms with van der Waals surface area (Å²) in [6, 6.07) is 3.51. The second-order valence-corrected chi connectivity index (χ2v) is 3.68. The summed E-state index contributed by atoms with van der Waals surface area (Å²) in [5.41, 5.74) is 1.79. The van der Waals surface area contributed by atoms with Crippen molar-refractivity contribution in [3.05, 3.63) is 42.1 Å². The van der Waals surface area contributed by atoms with Crippen molar-refractivity contribution in [1.29, 1.82) is 0 Å². The molecule has 2 N–H and O–H groups in total. The molecule has 1 amide bonds. The molecule has 0 bridgehead atoms. The van der Waals surface area contributed by atoms with Gasteiger partial charge in [0.1, 0.15) is 11.5 Å². The Morgan fingerprint density at radius 1 is 1.22 bits per heavy atom. The van der Waals surface area contributed by atoms with Gasteiger partial charge >= 0.3 is 0 Å². The summed E-state index contributed by atoms with van der Waals surface area (Å²) in [5, 5.41) is 5.57. The Kier molecular flexibility index (Phi) is 3.47. The maximum atomic E-state index is 11.9. The minimum absolute atomic E-state index is 0.267. The zero-order chi connectivity index (χ0) is 13.0. The van der Waals surface area contributed by atoms with E-state index in [2.05, 4.69) is 25.6 Å². The van der Waals surface area contributed by atoms with E-state index in [1.165, 1.54) is 12.4 Å². The summed E-state index contributed by atoms with van der Waals surface area (Å²) in [6.45, 7) is 1.86. The van der Waals surface area contributed by atoms with E-state index in [1.807, 2.05) is 6.92 Å². The van der Waals surface area contributed by atoms with Crippen molar-refractivity contribution >= 4 is 17.4 Å². The van der Waals surface area contributed by atoms with Crippen LogP contribution in [0.15, 0.2) is 30.7 Å². The Labute approximate surface area is 105 Å². The first kappa shape index (κ1) is 12.0. The predicted octanol–water partition coefficient (Wildman–Crippen LogP) is 1.47. The lowest BCUT2D eigenvalue weighted by Crippen LogP contribution is -2.14. The summed E-state index contributed by atoms with van der Waals surface area (Å²) < 4.78 is 0. The standard InChI is InChI=1S/C12H13N5O/c1-8-5-9(3-4-14-8)17-12(18)10-6-16-11(13-2)7-15-10/h3-7H,1-2H3,(H,13,16)(H,14,17,18). The normalized spacial score (nSPS) is 9.89. The number of carbonyl (C=O) groups is 1. The van der Waals surface area contributed by atoms with Gasteiger partial charge in [0.25, 0.3) is 5.91 Å². The highest BCUT2D eigenvalue weighted by atomic mass is 16.1. The van der Waals surface area contributed by atoms with Crippen molar-refractivity contribution in [3.63, 3.8) is 0 Å². The van der Waals surface area contributed by atoms with Crippen molar-refractivity contribution in [2.45, 2.75) is 6.92 Å². The molecule has 2 rings (SSSR count). The van der Waals surface area contributed by atoms with Crippen LogP contribution in [0.3, 0.4) is 0 Å². The molecule has 2 aromatic rings. The summed E-state index contributed by atoms with van der Waals surface area (Å²) in [4.78, 5) is 24.0. The van der Waals surface area contributed by atoms with Gasteiger partial charge in [-0.25, -0.2) is 9.97 Å². The monoisotopic (exact) mass is 243 g/mol. The van der Waals surface area contributed by atoms with Gasteiger partial charge in [0.15, 0.2) is 0 Å². The van der Waals surface area contributed by atoms with Crippen LogP contribution in [0, 0.1) is 6.92 Å². The van der Waals surface area contributed by atoms with Crippen molar-refractivity contribution in [2.24, 2.45) is 0 Å². The summed E-state index contributed by atoms with van der Waals surface area (Å²) in [7, 11) is 1.74. The number of hydrogen-bond donors (Lipinski definition) is 2. The number of carbonyl (C=O) groups excluding carboxylic acids is 1. The molecule has 18 heavy (non-hydrogen) atoms. The third kappa shape index (κ3) is 2.79. The van der Waals surface area contributed by atoms with E-state index < -0.39 is 0 Å². The second kappa shape index (κ2) is 5.22. The largest absolute Gasteiger partial charge is 0.372 e. The molecule has 0 unspecified atom stereocenters. The topological polar surface area (TPSA) is 79.8 Å². The first-order valence-corrected chi connectivity index (χ1v) is 5.43. The van der Waals surface area contributed by atoms with Crippen LogP contribution < -0.4 is 10.6 Å². The molecule has 0 aliphatic carbocycles. The van der Waals surface area contributed by atoms with Gasteiger partial charge in [0.05, 0.1) is 12.4 Å². The van der Waals surface area contributed by atoms with Crippen LogP contribution in [-0.4, -0.2) is 27.9 Å². The molecule has 0 spiro atoms. The molecule has 0 saturated heterocycles. The first-order valence-electron chi connectivity index (χ1n) is 5.43. The van der Waals surface area contributed by atoms with Gasteiger partial charge in [-0.3, -0.25) is 9.78 Å². The zero-order valence-corrected chi connectivity index (χ0v) is 10.1. The van der Waals surface area contributed by atoms with Gasteiger partial charge in [0.2, 0.25) is 0 Å². The van der Waals surface area contributed by atoms with E-state index in [-0.39, 0.29) is 11.6 Å². The number of hydrogen-bond acceptors (Lipinski definition) is 5. The highest BCUT2D eigenvalue weighted by molar-refractivity contribution is 6.02. The lowest BCUT2D eigenvalue weighted by Gasteiger charge is -2.05. The molecule has 0 aromatic carbocycles. The molecule has 0 radical (unpaired) electrons. The van der Waals surface area contributed by atoms with E-state index in [0.29, 0.717) is 11.5 Å². The van der Waals surface area contributed by atoms with E-state index in [9.17, 15) is 4.79 Å². The first-order chi connectivity index (χ1) is 8.69. The number of nitrogens with one attached hydrogen (secondary N) is 2. The van der Waals surface area contributed by atoms with Gasteiger partial charge in [-0.1, -0.05) is 0 Å². The SMILES string of the molecule is CNc1cnc(C(=O)Nc2ccnc(C)c2)cn1. The summed E-state index contributed by atoms with van der Waals surface area (Å²) in [5.74, 6) is 0.321. The maximum absolute atomic E-state index is 11.9. The Bertz CT molecular complexity index is 553. The molecule has 0 aliphatic heterocycles. The van der Waals surface area contributed by atoms with Gasteiger partial charge in [0, 0.05) is 24.6 Å². The fourth-order valence-corrected chi connectivity index (χ4v) is 1.39. The maximum Gasteiger partial charge on any atom is 0.275 e. The fraction of sp³-hybridized carbons (Fsp3) is 0.167.